The van der Waals surface area contributed by atoms with E-state index in [1.807, 2.05) is 24.3 Å². The Morgan fingerprint density at radius 2 is 1.59 bits per heavy atom. The molecule has 2 aromatic carbocycles. The van der Waals surface area contributed by atoms with Crippen molar-refractivity contribution in [2.24, 2.45) is 0 Å². The molecule has 0 saturated carbocycles. The van der Waals surface area contributed by atoms with Crippen molar-refractivity contribution in [1.29, 1.82) is 0 Å². The van der Waals surface area contributed by atoms with Crippen molar-refractivity contribution in [2.75, 3.05) is 33.6 Å². The third-order valence-corrected chi connectivity index (χ3v) is 5.61. The van der Waals surface area contributed by atoms with E-state index in [1.54, 1.807) is 38.5 Å². The van der Waals surface area contributed by atoms with Crippen LogP contribution < -0.4 is 19.5 Å². The fourth-order valence-electron chi connectivity index (χ4n) is 3.47. The van der Waals surface area contributed by atoms with Crippen molar-refractivity contribution < 1.29 is 22.7 Å². The lowest BCUT2D eigenvalue weighted by Gasteiger charge is -2.37. The molecule has 1 unspecified atom stereocenters. The van der Waals surface area contributed by atoms with Crippen LogP contribution in [-0.4, -0.2) is 52.9 Å². The first kappa shape index (κ1) is 20.9. The lowest BCUT2D eigenvalue weighted by atomic mass is 9.99. The molecule has 2 amide bonds. The predicted molar refractivity (Wildman–Crippen MR) is 109 cm³/mol. The largest absolute Gasteiger partial charge is 0.497 e. The minimum absolute atomic E-state index is 0.119. The van der Waals surface area contributed by atoms with Gasteiger partial charge in [-0.3, -0.25) is 4.90 Å². The molecule has 0 spiro atoms. The fraction of sp³-hybridized carbons (Fsp3) is 0.350. The molecule has 0 radical (unpaired) electrons. The van der Waals surface area contributed by atoms with Gasteiger partial charge in [0.1, 0.15) is 11.5 Å². The maximum absolute atomic E-state index is 12.6. The van der Waals surface area contributed by atoms with Crippen molar-refractivity contribution in [2.45, 2.75) is 12.1 Å². The third-order valence-electron chi connectivity index (χ3n) is 4.91. The highest BCUT2D eigenvalue weighted by atomic mass is 32.2. The van der Waals surface area contributed by atoms with E-state index >= 15 is 0 Å². The average molecular weight is 420 g/mol. The Bertz CT molecular complexity index is 961. The molecule has 1 fully saturated rings. The standard InChI is InChI=1S/C20H25N3O5S/c1-27-17-8-4-15(5-9-17)12-13-23-19(24)21-14-20(23,22-29(3,25)26)16-6-10-18(28-2)11-7-16/h4-11,22H,12-14H2,1-3H3,(H,21,24). The number of benzene rings is 2. The zero-order chi connectivity index (χ0) is 21.1. The van der Waals surface area contributed by atoms with E-state index in [0.29, 0.717) is 24.3 Å². The highest BCUT2D eigenvalue weighted by Crippen LogP contribution is 2.32. The molecule has 9 heteroatoms. The van der Waals surface area contributed by atoms with E-state index in [0.717, 1.165) is 17.6 Å². The summed E-state index contributed by atoms with van der Waals surface area (Å²) in [6.07, 6.45) is 1.64. The lowest BCUT2D eigenvalue weighted by molar-refractivity contribution is 0.147. The Balaban J connectivity index is 1.92. The normalized spacial score (nSPS) is 19.1. The Hall–Kier alpha value is -2.78. The molecule has 2 N–H and O–H groups in total. The van der Waals surface area contributed by atoms with Crippen LogP contribution in [0.2, 0.25) is 0 Å². The molecule has 1 heterocycles. The van der Waals surface area contributed by atoms with Crippen molar-refractivity contribution in [1.82, 2.24) is 14.9 Å². The van der Waals surface area contributed by atoms with Crippen LogP contribution >= 0.6 is 0 Å². The summed E-state index contributed by atoms with van der Waals surface area (Å²) < 4.78 is 37.4. The van der Waals surface area contributed by atoms with Gasteiger partial charge in [-0.2, -0.15) is 4.72 Å². The van der Waals surface area contributed by atoms with Crippen molar-refractivity contribution in [3.8, 4) is 11.5 Å². The van der Waals surface area contributed by atoms with E-state index in [1.165, 1.54) is 4.90 Å². The molecular formula is C20H25N3O5S. The van der Waals surface area contributed by atoms with E-state index in [-0.39, 0.29) is 12.6 Å². The second-order valence-corrected chi connectivity index (χ2v) is 8.62. The third kappa shape index (κ3) is 4.63. The number of sulfonamides is 1. The molecule has 1 aliphatic heterocycles. The van der Waals surface area contributed by atoms with Crippen LogP contribution in [0, 0.1) is 0 Å². The van der Waals surface area contributed by atoms with Gasteiger partial charge < -0.3 is 14.8 Å². The summed E-state index contributed by atoms with van der Waals surface area (Å²) in [5.41, 5.74) is 0.439. The van der Waals surface area contributed by atoms with Crippen LogP contribution in [0.25, 0.3) is 0 Å². The second-order valence-electron chi connectivity index (χ2n) is 6.87. The number of methoxy groups -OCH3 is 2. The molecule has 1 atom stereocenters. The smallest absolute Gasteiger partial charge is 0.319 e. The van der Waals surface area contributed by atoms with Crippen molar-refractivity contribution >= 4 is 16.1 Å². The average Bonchev–Trinajstić information content (AvgIpc) is 3.01. The first-order chi connectivity index (χ1) is 13.8. The number of hydrogen-bond donors (Lipinski definition) is 2. The molecule has 3 rings (SSSR count). The van der Waals surface area contributed by atoms with Gasteiger partial charge in [-0.25, -0.2) is 13.2 Å². The number of hydrogen-bond acceptors (Lipinski definition) is 5. The van der Waals surface area contributed by atoms with Gasteiger partial charge in [-0.15, -0.1) is 0 Å². The zero-order valence-corrected chi connectivity index (χ0v) is 17.5. The van der Waals surface area contributed by atoms with E-state index in [9.17, 15) is 13.2 Å². The maximum Gasteiger partial charge on any atom is 0.319 e. The van der Waals surface area contributed by atoms with Gasteiger partial charge >= 0.3 is 6.03 Å². The molecule has 8 nitrogen and oxygen atoms in total. The number of nitrogens with zero attached hydrogens (tertiary/aromatic N) is 1. The Labute approximate surface area is 170 Å². The molecule has 0 aromatic heterocycles. The van der Waals surface area contributed by atoms with Crippen molar-refractivity contribution in [3.63, 3.8) is 0 Å². The molecule has 29 heavy (non-hydrogen) atoms. The van der Waals surface area contributed by atoms with Gasteiger partial charge in [0, 0.05) is 6.54 Å². The highest BCUT2D eigenvalue weighted by molar-refractivity contribution is 7.88. The number of carbonyl (C=O) groups excluding carboxylic acids is 1. The number of nitrogens with one attached hydrogen (secondary N) is 2. The van der Waals surface area contributed by atoms with Gasteiger partial charge in [0.25, 0.3) is 0 Å². The maximum atomic E-state index is 12.6. The Morgan fingerprint density at radius 3 is 2.10 bits per heavy atom. The highest BCUT2D eigenvalue weighted by Gasteiger charge is 2.48. The molecular weight excluding hydrogens is 394 g/mol. The van der Waals surface area contributed by atoms with Gasteiger partial charge in [0.05, 0.1) is 27.0 Å². The van der Waals surface area contributed by atoms with E-state index in [4.69, 9.17) is 9.47 Å². The van der Waals surface area contributed by atoms with Gasteiger partial charge in [-0.1, -0.05) is 24.3 Å². The Morgan fingerprint density at radius 1 is 1.03 bits per heavy atom. The summed E-state index contributed by atoms with van der Waals surface area (Å²) >= 11 is 0. The molecule has 0 aliphatic carbocycles. The monoisotopic (exact) mass is 419 g/mol. The minimum atomic E-state index is -3.61. The Kier molecular flexibility index (Phi) is 5.99. The van der Waals surface area contributed by atoms with Crippen LogP contribution in [0.5, 0.6) is 11.5 Å². The van der Waals surface area contributed by atoms with Crippen LogP contribution in [-0.2, 0) is 22.1 Å². The van der Waals surface area contributed by atoms with Crippen LogP contribution in [0.1, 0.15) is 11.1 Å². The topological polar surface area (TPSA) is 97.0 Å². The number of ether oxygens (including phenoxy) is 2. The first-order valence-corrected chi connectivity index (χ1v) is 11.0. The minimum Gasteiger partial charge on any atom is -0.497 e. The van der Waals surface area contributed by atoms with E-state index < -0.39 is 15.7 Å². The summed E-state index contributed by atoms with van der Waals surface area (Å²) in [6, 6.07) is 14.2. The molecule has 156 valence electrons. The van der Waals surface area contributed by atoms with Gasteiger partial charge in [-0.05, 0) is 41.8 Å². The fourth-order valence-corrected chi connectivity index (χ4v) is 4.39. The molecule has 0 bridgehead atoms. The summed E-state index contributed by atoms with van der Waals surface area (Å²) in [6.45, 7) is 0.445. The molecule has 2 aromatic rings. The summed E-state index contributed by atoms with van der Waals surface area (Å²) in [5.74, 6) is 1.39. The summed E-state index contributed by atoms with van der Waals surface area (Å²) in [7, 11) is -0.452. The second kappa shape index (κ2) is 8.30. The van der Waals surface area contributed by atoms with Crippen LogP contribution in [0.15, 0.2) is 48.5 Å². The van der Waals surface area contributed by atoms with Gasteiger partial charge in [0.2, 0.25) is 10.0 Å². The van der Waals surface area contributed by atoms with E-state index in [2.05, 4.69) is 10.0 Å². The molecule has 1 aliphatic rings. The predicted octanol–water partition coefficient (Wildman–Crippen LogP) is 1.67. The molecule has 1 saturated heterocycles. The summed E-state index contributed by atoms with van der Waals surface area (Å²) in [5, 5.41) is 2.77. The number of rotatable bonds is 8. The number of amides is 2. The quantitative estimate of drug-likeness (QED) is 0.679. The first-order valence-electron chi connectivity index (χ1n) is 9.09. The van der Waals surface area contributed by atoms with Crippen molar-refractivity contribution in [3.05, 3.63) is 59.7 Å². The SMILES string of the molecule is COc1ccc(CCN2C(=O)NCC2(NS(C)(=O)=O)c2ccc(OC)cc2)cc1. The lowest BCUT2D eigenvalue weighted by Crippen LogP contribution is -2.57. The van der Waals surface area contributed by atoms with Crippen LogP contribution in [0.4, 0.5) is 4.79 Å². The van der Waals surface area contributed by atoms with Gasteiger partial charge in [0.15, 0.2) is 5.66 Å². The number of urea groups is 1. The summed E-state index contributed by atoms with van der Waals surface area (Å²) in [4.78, 5) is 14.2. The van der Waals surface area contributed by atoms with Crippen LogP contribution in [0.3, 0.4) is 0 Å². The zero-order valence-electron chi connectivity index (χ0n) is 16.6. The number of carbonyl (C=O) groups is 1.